The van der Waals surface area contributed by atoms with Crippen molar-refractivity contribution < 1.29 is 9.53 Å². The van der Waals surface area contributed by atoms with Crippen molar-refractivity contribution in [2.24, 2.45) is 0 Å². The van der Waals surface area contributed by atoms with Gasteiger partial charge in [-0.25, -0.2) is 4.79 Å². The predicted octanol–water partition coefficient (Wildman–Crippen LogP) is 1.12. The molecule has 0 aliphatic heterocycles. The SMILES string of the molecule is CNC(=O)NCCCCOC(C)C. The van der Waals surface area contributed by atoms with E-state index in [1.807, 2.05) is 13.8 Å². The van der Waals surface area contributed by atoms with Crippen molar-refractivity contribution >= 4 is 6.03 Å². The molecule has 0 fully saturated rings. The first-order valence-electron chi connectivity index (χ1n) is 4.74. The summed E-state index contributed by atoms with van der Waals surface area (Å²) in [6.45, 7) is 5.51. The molecule has 0 aliphatic rings. The first-order valence-corrected chi connectivity index (χ1v) is 4.74. The molecule has 4 nitrogen and oxygen atoms in total. The second kappa shape index (κ2) is 7.86. The molecular formula is C9H20N2O2. The number of amides is 2. The molecule has 0 aliphatic carbocycles. The Morgan fingerprint density at radius 3 is 2.62 bits per heavy atom. The van der Waals surface area contributed by atoms with E-state index < -0.39 is 0 Å². The second-order valence-electron chi connectivity index (χ2n) is 3.13. The lowest BCUT2D eigenvalue weighted by atomic mass is 10.3. The van der Waals surface area contributed by atoms with Crippen molar-refractivity contribution in [2.45, 2.75) is 32.8 Å². The van der Waals surface area contributed by atoms with Crippen LogP contribution in [0.3, 0.4) is 0 Å². The molecule has 0 saturated heterocycles. The highest BCUT2D eigenvalue weighted by Crippen LogP contribution is 1.93. The summed E-state index contributed by atoms with van der Waals surface area (Å²) in [7, 11) is 1.61. The summed E-state index contributed by atoms with van der Waals surface area (Å²) in [4.78, 5) is 10.7. The number of urea groups is 1. The Balaban J connectivity index is 3.04. The normalized spacial score (nSPS) is 10.2. The summed E-state index contributed by atoms with van der Waals surface area (Å²) < 4.78 is 5.35. The molecule has 0 spiro atoms. The van der Waals surface area contributed by atoms with Crippen LogP contribution < -0.4 is 10.6 Å². The fourth-order valence-electron chi connectivity index (χ4n) is 0.836. The lowest BCUT2D eigenvalue weighted by Crippen LogP contribution is -2.33. The Labute approximate surface area is 80.0 Å². The van der Waals surface area contributed by atoms with Gasteiger partial charge >= 0.3 is 6.03 Å². The average molecular weight is 188 g/mol. The third-order valence-corrected chi connectivity index (χ3v) is 1.53. The van der Waals surface area contributed by atoms with E-state index in [1.54, 1.807) is 7.05 Å². The molecule has 2 amide bonds. The summed E-state index contributed by atoms with van der Waals surface area (Å²) in [5.74, 6) is 0. The van der Waals surface area contributed by atoms with Gasteiger partial charge in [-0.3, -0.25) is 0 Å². The maximum absolute atomic E-state index is 10.7. The number of rotatable bonds is 6. The zero-order valence-corrected chi connectivity index (χ0v) is 8.72. The van der Waals surface area contributed by atoms with Crippen molar-refractivity contribution in [3.8, 4) is 0 Å². The maximum atomic E-state index is 10.7. The van der Waals surface area contributed by atoms with Crippen LogP contribution in [-0.2, 0) is 4.74 Å². The Bertz CT molecular complexity index is 138. The molecular weight excluding hydrogens is 168 g/mol. The van der Waals surface area contributed by atoms with Gasteiger partial charge in [0.05, 0.1) is 6.10 Å². The van der Waals surface area contributed by atoms with Crippen LogP contribution in [0, 0.1) is 0 Å². The van der Waals surface area contributed by atoms with Gasteiger partial charge in [0.2, 0.25) is 0 Å². The van der Waals surface area contributed by atoms with Crippen molar-refractivity contribution in [1.82, 2.24) is 10.6 Å². The van der Waals surface area contributed by atoms with Gasteiger partial charge in [-0.15, -0.1) is 0 Å². The molecule has 0 aromatic heterocycles. The van der Waals surface area contributed by atoms with Crippen molar-refractivity contribution in [3.63, 3.8) is 0 Å². The van der Waals surface area contributed by atoms with Gasteiger partial charge in [0.25, 0.3) is 0 Å². The van der Waals surface area contributed by atoms with E-state index in [4.69, 9.17) is 4.74 Å². The van der Waals surface area contributed by atoms with E-state index in [1.165, 1.54) is 0 Å². The van der Waals surface area contributed by atoms with Gasteiger partial charge in [0.1, 0.15) is 0 Å². The van der Waals surface area contributed by atoms with E-state index in [-0.39, 0.29) is 6.03 Å². The van der Waals surface area contributed by atoms with Gasteiger partial charge in [0.15, 0.2) is 0 Å². The molecule has 0 rings (SSSR count). The quantitative estimate of drug-likeness (QED) is 0.614. The molecule has 0 unspecified atom stereocenters. The van der Waals surface area contributed by atoms with Crippen LogP contribution in [0.1, 0.15) is 26.7 Å². The summed E-state index contributed by atoms with van der Waals surface area (Å²) in [5.41, 5.74) is 0. The number of ether oxygens (including phenoxy) is 1. The Morgan fingerprint density at radius 2 is 2.08 bits per heavy atom. The Hall–Kier alpha value is -0.770. The number of hydrogen-bond donors (Lipinski definition) is 2. The van der Waals surface area contributed by atoms with E-state index in [9.17, 15) is 4.79 Å². The van der Waals surface area contributed by atoms with Crippen molar-refractivity contribution in [1.29, 1.82) is 0 Å². The van der Waals surface area contributed by atoms with Gasteiger partial charge in [-0.1, -0.05) is 0 Å². The van der Waals surface area contributed by atoms with Crippen LogP contribution in [0.25, 0.3) is 0 Å². The van der Waals surface area contributed by atoms with Gasteiger partial charge in [-0.05, 0) is 26.7 Å². The maximum Gasteiger partial charge on any atom is 0.314 e. The molecule has 4 heteroatoms. The summed E-state index contributed by atoms with van der Waals surface area (Å²) in [5, 5.41) is 5.21. The average Bonchev–Trinajstić information content (AvgIpc) is 2.10. The fourth-order valence-corrected chi connectivity index (χ4v) is 0.836. The van der Waals surface area contributed by atoms with Gasteiger partial charge in [-0.2, -0.15) is 0 Å². The second-order valence-corrected chi connectivity index (χ2v) is 3.13. The van der Waals surface area contributed by atoms with E-state index in [2.05, 4.69) is 10.6 Å². The summed E-state index contributed by atoms with van der Waals surface area (Å²) in [6, 6.07) is -0.121. The number of hydrogen-bond acceptors (Lipinski definition) is 2. The van der Waals surface area contributed by atoms with Crippen LogP contribution in [0.2, 0.25) is 0 Å². The summed E-state index contributed by atoms with van der Waals surface area (Å²) >= 11 is 0. The lowest BCUT2D eigenvalue weighted by molar-refractivity contribution is 0.0761. The zero-order chi connectivity index (χ0) is 10.1. The first kappa shape index (κ1) is 12.2. The molecule has 0 aromatic carbocycles. The molecule has 78 valence electrons. The zero-order valence-electron chi connectivity index (χ0n) is 8.72. The highest BCUT2D eigenvalue weighted by molar-refractivity contribution is 5.73. The largest absolute Gasteiger partial charge is 0.379 e. The van der Waals surface area contributed by atoms with Crippen LogP contribution >= 0.6 is 0 Å². The predicted molar refractivity (Wildman–Crippen MR) is 52.8 cm³/mol. The fraction of sp³-hybridized carbons (Fsp3) is 0.889. The smallest absolute Gasteiger partial charge is 0.314 e. The monoisotopic (exact) mass is 188 g/mol. The molecule has 0 heterocycles. The van der Waals surface area contributed by atoms with E-state index in [0.29, 0.717) is 12.6 Å². The van der Waals surface area contributed by atoms with Crippen LogP contribution in [0.4, 0.5) is 4.79 Å². The standard InChI is InChI=1S/C9H20N2O2/c1-8(2)13-7-5-4-6-11-9(12)10-3/h8H,4-7H2,1-3H3,(H2,10,11,12). The Morgan fingerprint density at radius 1 is 1.38 bits per heavy atom. The molecule has 0 bridgehead atoms. The van der Waals surface area contributed by atoms with Crippen molar-refractivity contribution in [2.75, 3.05) is 20.2 Å². The summed E-state index contributed by atoms with van der Waals surface area (Å²) in [6.07, 6.45) is 2.24. The topological polar surface area (TPSA) is 50.4 Å². The third kappa shape index (κ3) is 9.14. The molecule has 0 atom stereocenters. The van der Waals surface area contributed by atoms with Crippen LogP contribution in [0.15, 0.2) is 0 Å². The minimum absolute atomic E-state index is 0.121. The minimum atomic E-state index is -0.121. The van der Waals surface area contributed by atoms with Crippen LogP contribution in [-0.4, -0.2) is 32.3 Å². The molecule has 13 heavy (non-hydrogen) atoms. The number of carbonyl (C=O) groups excluding carboxylic acids is 1. The molecule has 0 aromatic rings. The minimum Gasteiger partial charge on any atom is -0.379 e. The highest BCUT2D eigenvalue weighted by Gasteiger charge is 1.95. The van der Waals surface area contributed by atoms with E-state index >= 15 is 0 Å². The van der Waals surface area contributed by atoms with Gasteiger partial charge < -0.3 is 15.4 Å². The van der Waals surface area contributed by atoms with E-state index in [0.717, 1.165) is 19.4 Å². The molecule has 0 radical (unpaired) electrons. The number of unbranched alkanes of at least 4 members (excludes halogenated alkanes) is 1. The third-order valence-electron chi connectivity index (χ3n) is 1.53. The highest BCUT2D eigenvalue weighted by atomic mass is 16.5. The van der Waals surface area contributed by atoms with Crippen LogP contribution in [0.5, 0.6) is 0 Å². The molecule has 0 saturated carbocycles. The first-order chi connectivity index (χ1) is 6.16. The number of nitrogens with one attached hydrogen (secondary N) is 2. The number of carbonyl (C=O) groups is 1. The van der Waals surface area contributed by atoms with Gasteiger partial charge in [0, 0.05) is 20.2 Å². The van der Waals surface area contributed by atoms with Crippen molar-refractivity contribution in [3.05, 3.63) is 0 Å². The lowest BCUT2D eigenvalue weighted by Gasteiger charge is -2.07. The molecule has 2 N–H and O–H groups in total. The Kier molecular flexibility index (Phi) is 7.39.